The van der Waals surface area contributed by atoms with E-state index < -0.39 is 0 Å². The molecule has 1 amide bonds. The van der Waals surface area contributed by atoms with Crippen molar-refractivity contribution in [1.29, 1.82) is 0 Å². The summed E-state index contributed by atoms with van der Waals surface area (Å²) >= 11 is 0. The summed E-state index contributed by atoms with van der Waals surface area (Å²) in [6.07, 6.45) is 1.73. The number of anilines is 2. The molecule has 90 valence electrons. The van der Waals surface area contributed by atoms with Gasteiger partial charge in [0.2, 0.25) is 5.91 Å². The van der Waals surface area contributed by atoms with Gasteiger partial charge in [0.15, 0.2) is 0 Å². The van der Waals surface area contributed by atoms with E-state index in [9.17, 15) is 4.79 Å². The molecule has 4 heteroatoms. The molecule has 4 nitrogen and oxygen atoms in total. The Morgan fingerprint density at radius 3 is 3.00 bits per heavy atom. The fourth-order valence-corrected chi connectivity index (χ4v) is 2.67. The normalized spacial score (nSPS) is 24.1. The second-order valence-electron chi connectivity index (χ2n) is 4.66. The lowest BCUT2D eigenvalue weighted by atomic mass is 10.1. The fraction of sp³-hybridized carbons (Fsp3) is 0.462. The Bertz CT molecular complexity index is 426. The number of benzene rings is 1. The summed E-state index contributed by atoms with van der Waals surface area (Å²) in [6.45, 7) is 2.91. The van der Waals surface area contributed by atoms with Crippen LogP contribution >= 0.6 is 0 Å². The van der Waals surface area contributed by atoms with Crippen molar-refractivity contribution in [2.45, 2.75) is 18.9 Å². The molecular formula is C13H17N3O. The number of fused-ring (bicyclic) bond motifs is 1. The molecule has 2 aliphatic rings. The summed E-state index contributed by atoms with van der Waals surface area (Å²) in [5.74, 6) is 0.117. The van der Waals surface area contributed by atoms with Crippen LogP contribution in [0.2, 0.25) is 0 Å². The maximum absolute atomic E-state index is 11.7. The van der Waals surface area contributed by atoms with E-state index in [0.29, 0.717) is 12.5 Å². The summed E-state index contributed by atoms with van der Waals surface area (Å²) < 4.78 is 0. The summed E-state index contributed by atoms with van der Waals surface area (Å²) in [5.41, 5.74) is 2.11. The van der Waals surface area contributed by atoms with Gasteiger partial charge in [-0.3, -0.25) is 4.79 Å². The van der Waals surface area contributed by atoms with Crippen LogP contribution in [0, 0.1) is 0 Å². The molecule has 1 unspecified atom stereocenters. The van der Waals surface area contributed by atoms with E-state index in [1.807, 2.05) is 18.2 Å². The van der Waals surface area contributed by atoms with Crippen molar-refractivity contribution in [3.05, 3.63) is 24.3 Å². The summed E-state index contributed by atoms with van der Waals surface area (Å²) in [5, 5.41) is 6.36. The lowest BCUT2D eigenvalue weighted by molar-refractivity contribution is -0.115. The quantitative estimate of drug-likeness (QED) is 0.763. The first kappa shape index (κ1) is 10.6. The number of hydrogen-bond acceptors (Lipinski definition) is 3. The maximum Gasteiger partial charge on any atom is 0.226 e. The summed E-state index contributed by atoms with van der Waals surface area (Å²) in [7, 11) is 0. The number of carbonyl (C=O) groups excluding carboxylic acids is 1. The van der Waals surface area contributed by atoms with Gasteiger partial charge in [-0.2, -0.15) is 0 Å². The van der Waals surface area contributed by atoms with Crippen LogP contribution in [-0.2, 0) is 4.79 Å². The Morgan fingerprint density at radius 2 is 2.18 bits per heavy atom. The minimum absolute atomic E-state index is 0.117. The fourth-order valence-electron chi connectivity index (χ4n) is 2.67. The predicted molar refractivity (Wildman–Crippen MR) is 68.3 cm³/mol. The third-order valence-corrected chi connectivity index (χ3v) is 3.54. The molecule has 0 saturated carbocycles. The molecule has 1 atom stereocenters. The van der Waals surface area contributed by atoms with Gasteiger partial charge in [0, 0.05) is 25.6 Å². The highest BCUT2D eigenvalue weighted by atomic mass is 16.1. The van der Waals surface area contributed by atoms with Crippen LogP contribution < -0.4 is 15.5 Å². The van der Waals surface area contributed by atoms with E-state index in [1.54, 1.807) is 0 Å². The lowest BCUT2D eigenvalue weighted by Crippen LogP contribution is -2.37. The summed E-state index contributed by atoms with van der Waals surface area (Å²) in [4.78, 5) is 14.0. The van der Waals surface area contributed by atoms with Crippen molar-refractivity contribution in [3.63, 3.8) is 0 Å². The van der Waals surface area contributed by atoms with Gasteiger partial charge in [0.1, 0.15) is 0 Å². The second-order valence-corrected chi connectivity index (χ2v) is 4.66. The standard InChI is InChI=1S/C13H17N3O/c17-13-6-8-16(10-5-7-14-9-10)12-4-2-1-3-11(12)15-13/h1-4,10,14H,5-9H2,(H,15,17). The Balaban J connectivity index is 1.96. The molecule has 0 spiro atoms. The van der Waals surface area contributed by atoms with E-state index in [2.05, 4.69) is 21.6 Å². The number of carbonyl (C=O) groups is 1. The lowest BCUT2D eigenvalue weighted by Gasteiger charge is -2.30. The van der Waals surface area contributed by atoms with Gasteiger partial charge in [-0.25, -0.2) is 0 Å². The number of amides is 1. The number of nitrogens with zero attached hydrogens (tertiary/aromatic N) is 1. The SMILES string of the molecule is O=C1CCN(C2CCNC2)c2ccccc2N1. The molecule has 1 aromatic carbocycles. The van der Waals surface area contributed by atoms with Gasteiger partial charge >= 0.3 is 0 Å². The van der Waals surface area contributed by atoms with Crippen LogP contribution in [0.15, 0.2) is 24.3 Å². The van der Waals surface area contributed by atoms with Crippen molar-refractivity contribution < 1.29 is 4.79 Å². The molecule has 0 bridgehead atoms. The average molecular weight is 231 g/mol. The van der Waals surface area contributed by atoms with Crippen LogP contribution in [0.1, 0.15) is 12.8 Å². The number of rotatable bonds is 1. The van der Waals surface area contributed by atoms with Gasteiger partial charge in [-0.05, 0) is 25.1 Å². The smallest absolute Gasteiger partial charge is 0.226 e. The van der Waals surface area contributed by atoms with E-state index in [0.717, 1.165) is 37.4 Å². The van der Waals surface area contributed by atoms with Crippen LogP contribution in [0.3, 0.4) is 0 Å². The van der Waals surface area contributed by atoms with E-state index >= 15 is 0 Å². The van der Waals surface area contributed by atoms with Crippen molar-refractivity contribution in [3.8, 4) is 0 Å². The molecule has 17 heavy (non-hydrogen) atoms. The first-order valence-corrected chi connectivity index (χ1v) is 6.21. The van der Waals surface area contributed by atoms with Gasteiger partial charge in [0.25, 0.3) is 0 Å². The van der Waals surface area contributed by atoms with E-state index in [-0.39, 0.29) is 5.91 Å². The molecule has 2 N–H and O–H groups in total. The van der Waals surface area contributed by atoms with E-state index in [1.165, 1.54) is 0 Å². The average Bonchev–Trinajstić information content (AvgIpc) is 2.80. The van der Waals surface area contributed by atoms with Gasteiger partial charge in [0.05, 0.1) is 11.4 Å². The van der Waals surface area contributed by atoms with E-state index in [4.69, 9.17) is 0 Å². The topological polar surface area (TPSA) is 44.4 Å². The number of nitrogens with one attached hydrogen (secondary N) is 2. The maximum atomic E-state index is 11.7. The van der Waals surface area contributed by atoms with Crippen LogP contribution in [0.5, 0.6) is 0 Å². The molecule has 2 heterocycles. The minimum Gasteiger partial charge on any atom is -0.365 e. The Kier molecular flexibility index (Phi) is 2.73. The highest BCUT2D eigenvalue weighted by Crippen LogP contribution is 2.31. The number of para-hydroxylation sites is 2. The Hall–Kier alpha value is -1.55. The Labute approximate surface area is 101 Å². The third-order valence-electron chi connectivity index (χ3n) is 3.54. The van der Waals surface area contributed by atoms with Gasteiger partial charge in [-0.1, -0.05) is 12.1 Å². The zero-order valence-electron chi connectivity index (χ0n) is 9.78. The van der Waals surface area contributed by atoms with Gasteiger partial charge in [-0.15, -0.1) is 0 Å². The van der Waals surface area contributed by atoms with Crippen LogP contribution in [0.4, 0.5) is 11.4 Å². The minimum atomic E-state index is 0.117. The first-order chi connectivity index (χ1) is 8.34. The van der Waals surface area contributed by atoms with Crippen molar-refractivity contribution in [2.24, 2.45) is 0 Å². The van der Waals surface area contributed by atoms with Crippen molar-refractivity contribution in [1.82, 2.24) is 5.32 Å². The molecule has 1 fully saturated rings. The predicted octanol–water partition coefficient (Wildman–Crippen LogP) is 1.20. The second kappa shape index (κ2) is 4.37. The molecule has 1 saturated heterocycles. The van der Waals surface area contributed by atoms with Gasteiger partial charge < -0.3 is 15.5 Å². The summed E-state index contributed by atoms with van der Waals surface area (Å²) in [6, 6.07) is 8.60. The highest BCUT2D eigenvalue weighted by molar-refractivity contribution is 5.96. The Morgan fingerprint density at radius 1 is 1.29 bits per heavy atom. The van der Waals surface area contributed by atoms with Crippen molar-refractivity contribution in [2.75, 3.05) is 29.9 Å². The molecule has 0 aromatic heterocycles. The van der Waals surface area contributed by atoms with Crippen LogP contribution in [-0.4, -0.2) is 31.6 Å². The molecule has 2 aliphatic heterocycles. The highest BCUT2D eigenvalue weighted by Gasteiger charge is 2.26. The monoisotopic (exact) mass is 231 g/mol. The molecule has 0 aliphatic carbocycles. The zero-order chi connectivity index (χ0) is 11.7. The first-order valence-electron chi connectivity index (χ1n) is 6.21. The molecular weight excluding hydrogens is 214 g/mol. The number of hydrogen-bond donors (Lipinski definition) is 2. The molecule has 3 rings (SSSR count). The largest absolute Gasteiger partial charge is 0.365 e. The molecule has 0 radical (unpaired) electrons. The van der Waals surface area contributed by atoms with Crippen LogP contribution in [0.25, 0.3) is 0 Å². The zero-order valence-corrected chi connectivity index (χ0v) is 9.78. The van der Waals surface area contributed by atoms with Crippen molar-refractivity contribution >= 4 is 17.3 Å². The molecule has 1 aromatic rings. The third kappa shape index (κ3) is 2.00.